The van der Waals surface area contributed by atoms with Crippen molar-refractivity contribution in [1.29, 1.82) is 0 Å². The number of hydrogen-bond acceptors (Lipinski definition) is 2. The quantitative estimate of drug-likeness (QED) is 0.0658. The molecule has 0 aromatic carbocycles. The Bertz CT molecular complexity index is 542. The molecule has 0 fully saturated rings. The SMILES string of the molecule is CCCCCCCCCCCCCCCCCCCCCCCCCC(=O)[P+]([O-])=C(O)C[N+](C)(C)C. The Labute approximate surface area is 226 Å². The summed E-state index contributed by atoms with van der Waals surface area (Å²) in [6.45, 7) is 2.55. The molecule has 0 aliphatic rings. The second-order valence-electron chi connectivity index (χ2n) is 12.1. The first-order valence-corrected chi connectivity index (χ1v) is 16.9. The van der Waals surface area contributed by atoms with Gasteiger partial charge in [-0.3, -0.25) is 0 Å². The van der Waals surface area contributed by atoms with Crippen molar-refractivity contribution >= 4 is 18.8 Å². The van der Waals surface area contributed by atoms with Gasteiger partial charge in [0.05, 0.1) is 27.6 Å². The van der Waals surface area contributed by atoms with Crippen molar-refractivity contribution in [3.05, 3.63) is 0 Å². The maximum absolute atomic E-state index is 12.1. The highest BCUT2D eigenvalue weighted by molar-refractivity contribution is 7.68. The van der Waals surface area contributed by atoms with Crippen LogP contribution in [0.4, 0.5) is 0 Å². The van der Waals surface area contributed by atoms with Gasteiger partial charge in [0.25, 0.3) is 5.48 Å². The van der Waals surface area contributed by atoms with Crippen molar-refractivity contribution in [3.8, 4) is 0 Å². The van der Waals surface area contributed by atoms with Crippen LogP contribution in [-0.2, 0) is 4.79 Å². The molecule has 0 aromatic rings. The molecular weight excluding hydrogens is 465 g/mol. The average molecular weight is 529 g/mol. The summed E-state index contributed by atoms with van der Waals surface area (Å²) < 4.78 is 0.472. The molecule has 0 aliphatic heterocycles. The number of rotatable bonds is 27. The van der Waals surface area contributed by atoms with Crippen LogP contribution in [0.15, 0.2) is 0 Å². The van der Waals surface area contributed by atoms with Crippen molar-refractivity contribution in [3.63, 3.8) is 0 Å². The summed E-state index contributed by atoms with van der Waals surface area (Å²) in [5.74, 6) is 0. The molecule has 1 N–H and O–H groups in total. The summed E-state index contributed by atoms with van der Waals surface area (Å²) in [4.78, 5) is 24.1. The molecule has 36 heavy (non-hydrogen) atoms. The molecule has 0 aromatic heterocycles. The standard InChI is InChI=1S/C31H62NO3P/c1-5-6-7-8-9-10-11-12-13-14-15-16-17-18-19-20-21-22-23-24-25-26-27-28-30(33)36(35)31(34)29-32(2,3)4/h5-29H2,1-4H3/p+1. The van der Waals surface area contributed by atoms with E-state index in [2.05, 4.69) is 6.92 Å². The third-order valence-electron chi connectivity index (χ3n) is 7.07. The fourth-order valence-corrected chi connectivity index (χ4v) is 6.00. The zero-order valence-electron chi connectivity index (χ0n) is 24.8. The Morgan fingerprint density at radius 1 is 0.583 bits per heavy atom. The molecule has 0 bridgehead atoms. The lowest BCUT2D eigenvalue weighted by molar-refractivity contribution is -0.861. The van der Waals surface area contributed by atoms with E-state index in [0.29, 0.717) is 10.9 Å². The lowest BCUT2D eigenvalue weighted by Crippen LogP contribution is -2.39. The van der Waals surface area contributed by atoms with Gasteiger partial charge in [-0.2, -0.15) is 0 Å². The number of aliphatic hydroxyl groups is 1. The van der Waals surface area contributed by atoms with Crippen LogP contribution in [0.5, 0.6) is 0 Å². The molecule has 0 saturated heterocycles. The third kappa shape index (κ3) is 25.4. The maximum atomic E-state index is 12.1. The van der Waals surface area contributed by atoms with E-state index in [-0.39, 0.29) is 17.5 Å². The van der Waals surface area contributed by atoms with E-state index in [1.165, 1.54) is 128 Å². The van der Waals surface area contributed by atoms with Gasteiger partial charge in [-0.25, -0.2) is 4.79 Å². The van der Waals surface area contributed by atoms with E-state index in [9.17, 15) is 14.8 Å². The number of hydrogen-bond donors (Lipinski definition) is 1. The predicted molar refractivity (Wildman–Crippen MR) is 158 cm³/mol. The monoisotopic (exact) mass is 528 g/mol. The molecule has 0 aliphatic carbocycles. The van der Waals surface area contributed by atoms with E-state index in [1.807, 2.05) is 21.1 Å². The fraction of sp³-hybridized carbons (Fsp3) is 0.935. The van der Waals surface area contributed by atoms with Crippen molar-refractivity contribution in [1.82, 2.24) is 0 Å². The molecule has 214 valence electrons. The smallest absolute Gasteiger partial charge is 0.321 e. The molecular formula is C31H63NO3P+. The third-order valence-corrected chi connectivity index (χ3v) is 8.36. The molecule has 0 heterocycles. The molecule has 0 radical (unpaired) electrons. The topological polar surface area (TPSA) is 60.4 Å². The van der Waals surface area contributed by atoms with Crippen LogP contribution in [0.1, 0.15) is 161 Å². The highest BCUT2D eigenvalue weighted by atomic mass is 31.1. The van der Waals surface area contributed by atoms with Crippen LogP contribution in [0.25, 0.3) is 0 Å². The Morgan fingerprint density at radius 2 is 0.861 bits per heavy atom. The highest BCUT2D eigenvalue weighted by Crippen LogP contribution is 2.21. The second-order valence-corrected chi connectivity index (χ2v) is 13.7. The van der Waals surface area contributed by atoms with Crippen molar-refractivity contribution in [2.24, 2.45) is 0 Å². The van der Waals surface area contributed by atoms with Gasteiger partial charge in [0, 0.05) is 0 Å². The van der Waals surface area contributed by atoms with E-state index < -0.39 is 7.77 Å². The van der Waals surface area contributed by atoms with Gasteiger partial charge in [0.2, 0.25) is 0 Å². The summed E-state index contributed by atoms with van der Waals surface area (Å²) in [5, 5.41) is 9.90. The first-order valence-electron chi connectivity index (χ1n) is 15.6. The van der Waals surface area contributed by atoms with Crippen LogP contribution in [0.3, 0.4) is 0 Å². The molecule has 0 rings (SSSR count). The zero-order valence-corrected chi connectivity index (χ0v) is 25.7. The molecule has 0 saturated carbocycles. The van der Waals surface area contributed by atoms with Gasteiger partial charge in [0.15, 0.2) is 14.3 Å². The number of nitrogens with zero attached hydrogens (tertiary/aromatic N) is 1. The maximum Gasteiger partial charge on any atom is 0.321 e. The number of unbranched alkanes of at least 4 members (excludes halogenated alkanes) is 22. The number of carbonyl (C=O) groups is 1. The lowest BCUT2D eigenvalue weighted by atomic mass is 10.0. The van der Waals surface area contributed by atoms with Crippen molar-refractivity contribution < 1.29 is 19.3 Å². The predicted octanol–water partition coefficient (Wildman–Crippen LogP) is 8.86. The fourth-order valence-electron chi connectivity index (χ4n) is 4.80. The van der Waals surface area contributed by atoms with Gasteiger partial charge >= 0.3 is 5.52 Å². The summed E-state index contributed by atoms with van der Waals surface area (Å²) >= 11 is 0. The Kier molecular flexibility index (Phi) is 24.8. The van der Waals surface area contributed by atoms with Crippen LogP contribution < -0.4 is 4.89 Å². The van der Waals surface area contributed by atoms with Gasteiger partial charge in [-0.05, 0) is 6.42 Å². The van der Waals surface area contributed by atoms with Crippen molar-refractivity contribution in [2.45, 2.75) is 161 Å². The second kappa shape index (κ2) is 25.0. The first kappa shape index (κ1) is 35.7. The van der Waals surface area contributed by atoms with Gasteiger partial charge in [0.1, 0.15) is 0 Å². The molecule has 0 amide bonds. The van der Waals surface area contributed by atoms with Gasteiger partial charge < -0.3 is 14.5 Å². The van der Waals surface area contributed by atoms with Gasteiger partial charge in [-0.15, -0.1) is 0 Å². The normalized spacial score (nSPS) is 12.7. The largest absolute Gasteiger partial charge is 0.622 e. The van der Waals surface area contributed by atoms with Crippen molar-refractivity contribution in [2.75, 3.05) is 27.7 Å². The Hall–Kier alpha value is -0.280. The minimum atomic E-state index is -2.25. The number of quaternary nitrogens is 1. The minimum absolute atomic E-state index is 0.156. The summed E-state index contributed by atoms with van der Waals surface area (Å²) in [7, 11) is 3.47. The van der Waals surface area contributed by atoms with Gasteiger partial charge in [-0.1, -0.05) is 148 Å². The van der Waals surface area contributed by atoms with Crippen LogP contribution in [0.2, 0.25) is 0 Å². The number of likely N-dealkylation sites (N-methyl/N-ethyl adjacent to an activating group) is 1. The zero-order chi connectivity index (χ0) is 26.9. The summed E-state index contributed by atoms with van der Waals surface area (Å²) in [5.41, 5.74) is -0.448. The number of carbonyl (C=O) groups excluding carboxylic acids is 1. The first-order chi connectivity index (χ1) is 17.3. The summed E-state index contributed by atoms with van der Waals surface area (Å²) in [6.07, 6.45) is 31.4. The minimum Gasteiger partial charge on any atom is -0.622 e. The Balaban J connectivity index is 3.32. The highest BCUT2D eigenvalue weighted by Gasteiger charge is 2.22. The lowest BCUT2D eigenvalue weighted by Gasteiger charge is -2.21. The number of aliphatic hydroxyl groups excluding tert-OH is 1. The Morgan fingerprint density at radius 3 is 1.14 bits per heavy atom. The summed E-state index contributed by atoms with van der Waals surface area (Å²) in [6, 6.07) is 0. The molecule has 1 atom stereocenters. The van der Waals surface area contributed by atoms with Crippen LogP contribution in [-0.4, -0.2) is 48.3 Å². The van der Waals surface area contributed by atoms with E-state index in [1.54, 1.807) is 0 Å². The van der Waals surface area contributed by atoms with E-state index >= 15 is 0 Å². The molecule has 0 spiro atoms. The van der Waals surface area contributed by atoms with E-state index in [4.69, 9.17) is 0 Å². The average Bonchev–Trinajstić information content (AvgIpc) is 2.82. The van der Waals surface area contributed by atoms with E-state index in [0.717, 1.165) is 19.3 Å². The van der Waals surface area contributed by atoms with Crippen LogP contribution in [0, 0.1) is 0 Å². The molecule has 1 unspecified atom stereocenters. The molecule has 4 nitrogen and oxygen atoms in total. The van der Waals surface area contributed by atoms with Crippen LogP contribution >= 0.6 is 7.77 Å². The molecule has 5 heteroatoms.